The van der Waals surface area contributed by atoms with E-state index >= 15 is 0 Å². The van der Waals surface area contributed by atoms with E-state index in [1.807, 2.05) is 24.3 Å². The average Bonchev–Trinajstić information content (AvgIpc) is 2.16. The maximum Gasteiger partial charge on any atom is 0.0684 e. The number of nitrogens with zero attached hydrogens (tertiary/aromatic N) is 1. The predicted molar refractivity (Wildman–Crippen MR) is 55.9 cm³/mol. The monoisotopic (exact) mass is 190 g/mol. The van der Waals surface area contributed by atoms with Crippen molar-refractivity contribution in [1.29, 1.82) is 5.26 Å². The van der Waals surface area contributed by atoms with Crippen molar-refractivity contribution in [2.75, 3.05) is 11.9 Å². The van der Waals surface area contributed by atoms with Crippen molar-refractivity contribution in [2.24, 2.45) is 0 Å². The number of rotatable bonds is 4. The molecule has 0 bridgehead atoms. The first-order valence-corrected chi connectivity index (χ1v) is 4.60. The van der Waals surface area contributed by atoms with Gasteiger partial charge in [0.2, 0.25) is 0 Å². The highest BCUT2D eigenvalue weighted by Gasteiger charge is 1.97. The Morgan fingerprint density at radius 3 is 3.00 bits per heavy atom. The third-order valence-corrected chi connectivity index (χ3v) is 1.81. The summed E-state index contributed by atoms with van der Waals surface area (Å²) in [7, 11) is 0. The minimum absolute atomic E-state index is 0.366. The third-order valence-electron chi connectivity index (χ3n) is 1.81. The molecule has 74 valence electrons. The quantitative estimate of drug-likeness (QED) is 0.757. The molecule has 1 aromatic rings. The summed E-state index contributed by atoms with van der Waals surface area (Å²) in [4.78, 5) is 0. The summed E-state index contributed by atoms with van der Waals surface area (Å²) in [6, 6.07) is 9.75. The zero-order valence-electron chi connectivity index (χ0n) is 8.20. The number of aliphatic hydroxyl groups is 1. The fourth-order valence-corrected chi connectivity index (χ4v) is 1.15. The van der Waals surface area contributed by atoms with Gasteiger partial charge < -0.3 is 10.4 Å². The molecule has 0 amide bonds. The number of hydrogen-bond donors (Lipinski definition) is 2. The van der Waals surface area contributed by atoms with E-state index in [4.69, 9.17) is 10.4 Å². The molecule has 0 saturated carbocycles. The van der Waals surface area contributed by atoms with E-state index in [1.54, 1.807) is 6.92 Å². The van der Waals surface area contributed by atoms with Crippen LogP contribution >= 0.6 is 0 Å². The summed E-state index contributed by atoms with van der Waals surface area (Å²) in [6.07, 6.45) is 0.0547. The Labute approximate surface area is 84.0 Å². The minimum atomic E-state index is -0.366. The highest BCUT2D eigenvalue weighted by Crippen LogP contribution is 2.10. The summed E-state index contributed by atoms with van der Waals surface area (Å²) >= 11 is 0. The van der Waals surface area contributed by atoms with Crippen molar-refractivity contribution in [1.82, 2.24) is 0 Å². The fourth-order valence-electron chi connectivity index (χ4n) is 1.15. The second-order valence-corrected chi connectivity index (χ2v) is 3.27. The minimum Gasteiger partial charge on any atom is -0.392 e. The van der Waals surface area contributed by atoms with E-state index in [1.165, 1.54) is 0 Å². The van der Waals surface area contributed by atoms with E-state index < -0.39 is 0 Å². The summed E-state index contributed by atoms with van der Waals surface area (Å²) in [5.41, 5.74) is 1.93. The zero-order chi connectivity index (χ0) is 10.4. The maximum absolute atomic E-state index is 9.07. The summed E-state index contributed by atoms with van der Waals surface area (Å²) < 4.78 is 0. The van der Waals surface area contributed by atoms with Gasteiger partial charge in [0, 0.05) is 12.2 Å². The van der Waals surface area contributed by atoms with Gasteiger partial charge in [0.05, 0.1) is 18.6 Å². The second kappa shape index (κ2) is 5.25. The van der Waals surface area contributed by atoms with E-state index in [0.717, 1.165) is 11.3 Å². The van der Waals surface area contributed by atoms with Crippen LogP contribution < -0.4 is 5.32 Å². The topological polar surface area (TPSA) is 56.0 Å². The lowest BCUT2D eigenvalue weighted by Gasteiger charge is -2.08. The molecule has 0 aliphatic heterocycles. The molecule has 1 aromatic carbocycles. The van der Waals surface area contributed by atoms with Gasteiger partial charge in [-0.25, -0.2) is 0 Å². The van der Waals surface area contributed by atoms with Gasteiger partial charge in [0.25, 0.3) is 0 Å². The first-order valence-electron chi connectivity index (χ1n) is 4.60. The SMILES string of the molecule is CC(O)CNc1cccc(CC#N)c1. The lowest BCUT2D eigenvalue weighted by molar-refractivity contribution is 0.208. The van der Waals surface area contributed by atoms with Crippen LogP contribution in [0.25, 0.3) is 0 Å². The number of hydrogen-bond acceptors (Lipinski definition) is 3. The van der Waals surface area contributed by atoms with Gasteiger partial charge in [-0.3, -0.25) is 0 Å². The summed E-state index contributed by atoms with van der Waals surface area (Å²) in [5.74, 6) is 0. The molecular formula is C11H14N2O. The lowest BCUT2D eigenvalue weighted by atomic mass is 10.1. The van der Waals surface area contributed by atoms with Crippen molar-refractivity contribution in [2.45, 2.75) is 19.4 Å². The highest BCUT2D eigenvalue weighted by atomic mass is 16.3. The first-order chi connectivity index (χ1) is 6.72. The molecule has 1 atom stereocenters. The molecule has 3 nitrogen and oxygen atoms in total. The van der Waals surface area contributed by atoms with Crippen LogP contribution in [0, 0.1) is 11.3 Å². The fraction of sp³-hybridized carbons (Fsp3) is 0.364. The normalized spacial score (nSPS) is 11.8. The molecule has 14 heavy (non-hydrogen) atoms. The molecule has 0 aliphatic carbocycles. The van der Waals surface area contributed by atoms with Crippen molar-refractivity contribution >= 4 is 5.69 Å². The second-order valence-electron chi connectivity index (χ2n) is 3.27. The zero-order valence-corrected chi connectivity index (χ0v) is 8.20. The van der Waals surface area contributed by atoms with Gasteiger partial charge in [-0.1, -0.05) is 12.1 Å². The van der Waals surface area contributed by atoms with Crippen LogP contribution in [-0.2, 0) is 6.42 Å². The van der Waals surface area contributed by atoms with Gasteiger partial charge in [-0.2, -0.15) is 5.26 Å². The summed E-state index contributed by atoms with van der Waals surface area (Å²) in [5, 5.41) is 20.7. The van der Waals surface area contributed by atoms with Crippen molar-refractivity contribution in [3.63, 3.8) is 0 Å². The van der Waals surface area contributed by atoms with Crippen LogP contribution in [0.1, 0.15) is 12.5 Å². The van der Waals surface area contributed by atoms with Crippen LogP contribution in [-0.4, -0.2) is 17.8 Å². The molecule has 0 aromatic heterocycles. The van der Waals surface area contributed by atoms with Crippen LogP contribution in [0.3, 0.4) is 0 Å². The Morgan fingerprint density at radius 1 is 1.57 bits per heavy atom. The third kappa shape index (κ3) is 3.46. The van der Waals surface area contributed by atoms with Gasteiger partial charge in [0.15, 0.2) is 0 Å². The molecule has 3 heteroatoms. The molecule has 0 spiro atoms. The highest BCUT2D eigenvalue weighted by molar-refractivity contribution is 5.46. The van der Waals surface area contributed by atoms with Gasteiger partial charge in [0.1, 0.15) is 0 Å². The van der Waals surface area contributed by atoms with Crippen LogP contribution in [0.15, 0.2) is 24.3 Å². The summed E-state index contributed by atoms with van der Waals surface area (Å²) in [6.45, 7) is 2.25. The largest absolute Gasteiger partial charge is 0.392 e. The maximum atomic E-state index is 9.07. The van der Waals surface area contributed by atoms with Crippen LogP contribution in [0.5, 0.6) is 0 Å². The standard InChI is InChI=1S/C11H14N2O/c1-9(14)8-13-11-4-2-3-10(7-11)5-6-12/h2-4,7,9,13-14H,5,8H2,1H3. The molecule has 0 saturated heterocycles. The van der Waals surface area contributed by atoms with Crippen molar-refractivity contribution in [3.05, 3.63) is 29.8 Å². The molecule has 0 fully saturated rings. The van der Waals surface area contributed by atoms with E-state index in [9.17, 15) is 0 Å². The van der Waals surface area contributed by atoms with Gasteiger partial charge in [-0.05, 0) is 24.6 Å². The molecule has 0 radical (unpaired) electrons. The number of benzene rings is 1. The Hall–Kier alpha value is -1.53. The predicted octanol–water partition coefficient (Wildman–Crippen LogP) is 1.55. The van der Waals surface area contributed by atoms with Crippen LogP contribution in [0.4, 0.5) is 5.69 Å². The Balaban J connectivity index is 2.60. The Morgan fingerprint density at radius 2 is 2.36 bits per heavy atom. The van der Waals surface area contributed by atoms with Crippen molar-refractivity contribution < 1.29 is 5.11 Å². The van der Waals surface area contributed by atoms with E-state index in [0.29, 0.717) is 13.0 Å². The molecule has 2 N–H and O–H groups in total. The molecule has 0 heterocycles. The number of nitrogens with one attached hydrogen (secondary N) is 1. The molecule has 1 unspecified atom stereocenters. The first kappa shape index (κ1) is 10.6. The van der Waals surface area contributed by atoms with Gasteiger partial charge in [-0.15, -0.1) is 0 Å². The number of anilines is 1. The Kier molecular flexibility index (Phi) is 3.96. The smallest absolute Gasteiger partial charge is 0.0684 e. The van der Waals surface area contributed by atoms with Crippen molar-refractivity contribution in [3.8, 4) is 6.07 Å². The van der Waals surface area contributed by atoms with E-state index in [2.05, 4.69) is 11.4 Å². The van der Waals surface area contributed by atoms with Gasteiger partial charge >= 0.3 is 0 Å². The van der Waals surface area contributed by atoms with E-state index in [-0.39, 0.29) is 6.10 Å². The average molecular weight is 190 g/mol. The number of nitriles is 1. The lowest BCUT2D eigenvalue weighted by Crippen LogP contribution is -2.15. The number of aliphatic hydroxyl groups excluding tert-OH is 1. The Bertz CT molecular complexity index is 328. The molecule has 0 aliphatic rings. The molecular weight excluding hydrogens is 176 g/mol. The van der Waals surface area contributed by atoms with Crippen LogP contribution in [0.2, 0.25) is 0 Å². The molecule has 1 rings (SSSR count).